The lowest BCUT2D eigenvalue weighted by Crippen LogP contribution is -2.28. The molecule has 2 heteroatoms. The minimum absolute atomic E-state index is 0.188. The lowest BCUT2D eigenvalue weighted by atomic mass is 9.67. The van der Waals surface area contributed by atoms with Gasteiger partial charge in [0.1, 0.15) is 11.2 Å². The summed E-state index contributed by atoms with van der Waals surface area (Å²) in [5.74, 6) is 0. The standard InChI is InChI=1S/C68H47NO/c1-67(2)59-30-16-14-27-53(59)55-40-38-50(41-61(55)67)69(49-36-33-46(34-37-49)51-29-18-32-64-65(51)56-39-35-45-21-12-13-26-52(45)66(56)70-64)63-43-62-58(42-57(63)44-19-6-3-7-20-44)54-28-15-17-31-60(54)68(62,47-22-8-4-9-23-47)48-24-10-5-11-25-48/h3-43H,1-2H3. The van der Waals surface area contributed by atoms with Crippen LogP contribution in [-0.4, -0.2) is 0 Å². The molecule has 0 unspecified atom stereocenters. The van der Waals surface area contributed by atoms with Crippen molar-refractivity contribution >= 4 is 49.8 Å². The van der Waals surface area contributed by atoms with Crippen molar-refractivity contribution in [3.8, 4) is 44.5 Å². The van der Waals surface area contributed by atoms with Gasteiger partial charge in [0.05, 0.1) is 11.1 Å². The van der Waals surface area contributed by atoms with Crippen molar-refractivity contribution in [2.45, 2.75) is 24.7 Å². The van der Waals surface area contributed by atoms with Gasteiger partial charge in [-0.2, -0.15) is 0 Å². The van der Waals surface area contributed by atoms with E-state index in [1.807, 2.05) is 0 Å². The summed E-state index contributed by atoms with van der Waals surface area (Å²) in [4.78, 5) is 2.52. The Morgan fingerprint density at radius 3 is 1.69 bits per heavy atom. The van der Waals surface area contributed by atoms with E-state index < -0.39 is 5.41 Å². The molecule has 70 heavy (non-hydrogen) atoms. The largest absolute Gasteiger partial charge is 0.455 e. The highest BCUT2D eigenvalue weighted by Gasteiger charge is 2.47. The molecule has 2 aliphatic rings. The molecule has 0 N–H and O–H groups in total. The molecule has 330 valence electrons. The fraction of sp³-hybridized carbons (Fsp3) is 0.0588. The molecule has 0 saturated carbocycles. The van der Waals surface area contributed by atoms with Crippen LogP contribution in [-0.2, 0) is 10.8 Å². The zero-order valence-electron chi connectivity index (χ0n) is 39.0. The molecule has 2 aliphatic carbocycles. The first-order valence-corrected chi connectivity index (χ1v) is 24.4. The summed E-state index contributed by atoms with van der Waals surface area (Å²) in [5.41, 5.74) is 21.8. The van der Waals surface area contributed by atoms with E-state index in [9.17, 15) is 0 Å². The summed E-state index contributed by atoms with van der Waals surface area (Å²) in [6.07, 6.45) is 0. The summed E-state index contributed by atoms with van der Waals surface area (Å²) in [7, 11) is 0. The predicted molar refractivity (Wildman–Crippen MR) is 292 cm³/mol. The summed E-state index contributed by atoms with van der Waals surface area (Å²) in [6, 6.07) is 92.0. The number of rotatable bonds is 7. The Hall–Kier alpha value is -8.72. The zero-order chi connectivity index (χ0) is 46.6. The van der Waals surface area contributed by atoms with Crippen LogP contribution in [0.3, 0.4) is 0 Å². The Balaban J connectivity index is 1.04. The monoisotopic (exact) mass is 893 g/mol. The molecule has 1 heterocycles. The molecule has 0 saturated heterocycles. The van der Waals surface area contributed by atoms with Gasteiger partial charge < -0.3 is 9.32 Å². The third-order valence-electron chi connectivity index (χ3n) is 15.5. The van der Waals surface area contributed by atoms with Crippen LogP contribution in [0.5, 0.6) is 0 Å². The van der Waals surface area contributed by atoms with Gasteiger partial charge in [-0.1, -0.05) is 214 Å². The highest BCUT2D eigenvalue weighted by Crippen LogP contribution is 2.59. The second-order valence-corrected chi connectivity index (χ2v) is 19.5. The van der Waals surface area contributed by atoms with E-state index in [-0.39, 0.29) is 5.41 Å². The lowest BCUT2D eigenvalue weighted by molar-refractivity contribution is 0.660. The van der Waals surface area contributed by atoms with Gasteiger partial charge in [-0.05, 0) is 126 Å². The van der Waals surface area contributed by atoms with Gasteiger partial charge in [0.25, 0.3) is 0 Å². The normalized spacial score (nSPS) is 13.8. The molecule has 1 aromatic heterocycles. The fourth-order valence-corrected chi connectivity index (χ4v) is 12.4. The van der Waals surface area contributed by atoms with Gasteiger partial charge in [0.15, 0.2) is 0 Å². The van der Waals surface area contributed by atoms with E-state index in [1.165, 1.54) is 66.6 Å². The minimum Gasteiger partial charge on any atom is -0.455 e. The van der Waals surface area contributed by atoms with Gasteiger partial charge in [-0.15, -0.1) is 0 Å². The van der Waals surface area contributed by atoms with E-state index in [1.54, 1.807) is 0 Å². The van der Waals surface area contributed by atoms with Crippen LogP contribution in [0, 0.1) is 0 Å². The number of benzene rings is 11. The molecule has 0 bridgehead atoms. The average molecular weight is 894 g/mol. The molecule has 12 aromatic rings. The molecule has 0 aliphatic heterocycles. The molecule has 0 spiro atoms. The first-order chi connectivity index (χ1) is 34.5. The Bertz CT molecular complexity index is 3970. The molecule has 0 atom stereocenters. The quantitative estimate of drug-likeness (QED) is 0.158. The van der Waals surface area contributed by atoms with E-state index in [0.29, 0.717) is 0 Å². The predicted octanol–water partition coefficient (Wildman–Crippen LogP) is 18.2. The number of anilines is 3. The van der Waals surface area contributed by atoms with E-state index >= 15 is 0 Å². The highest BCUT2D eigenvalue weighted by atomic mass is 16.3. The summed E-state index contributed by atoms with van der Waals surface area (Å²) >= 11 is 0. The second-order valence-electron chi connectivity index (χ2n) is 19.5. The van der Waals surface area contributed by atoms with Crippen LogP contribution in [0.1, 0.15) is 47.2 Å². The third-order valence-corrected chi connectivity index (χ3v) is 15.5. The van der Waals surface area contributed by atoms with Gasteiger partial charge in [-0.3, -0.25) is 0 Å². The van der Waals surface area contributed by atoms with Crippen molar-refractivity contribution in [2.24, 2.45) is 0 Å². The smallest absolute Gasteiger partial charge is 0.143 e. The zero-order valence-corrected chi connectivity index (χ0v) is 39.0. The summed E-state index contributed by atoms with van der Waals surface area (Å²) < 4.78 is 6.67. The van der Waals surface area contributed by atoms with Crippen LogP contribution >= 0.6 is 0 Å². The molecule has 11 aromatic carbocycles. The van der Waals surface area contributed by atoms with Crippen LogP contribution < -0.4 is 4.90 Å². The second kappa shape index (κ2) is 15.4. The Labute approximate surface area is 408 Å². The van der Waals surface area contributed by atoms with Gasteiger partial charge in [0, 0.05) is 38.5 Å². The Kier molecular flexibility index (Phi) is 8.88. The fourth-order valence-electron chi connectivity index (χ4n) is 12.4. The van der Waals surface area contributed by atoms with Crippen molar-refractivity contribution in [3.63, 3.8) is 0 Å². The SMILES string of the molecule is CC1(C)c2ccccc2-c2ccc(N(c3ccc(-c4cccc5oc6c7ccccc7ccc6c45)cc3)c3cc4c(cc3-c3ccccc3)-c3ccccc3C4(c3ccccc3)c3ccccc3)cc21. The molecule has 2 nitrogen and oxygen atoms in total. The summed E-state index contributed by atoms with van der Waals surface area (Å²) in [6.45, 7) is 4.75. The van der Waals surface area contributed by atoms with Crippen LogP contribution in [0.2, 0.25) is 0 Å². The number of furan rings is 1. The Morgan fingerprint density at radius 2 is 0.943 bits per heavy atom. The van der Waals surface area contributed by atoms with Gasteiger partial charge in [0.2, 0.25) is 0 Å². The maximum atomic E-state index is 6.67. The van der Waals surface area contributed by atoms with Crippen molar-refractivity contribution in [1.82, 2.24) is 0 Å². The van der Waals surface area contributed by atoms with E-state index in [4.69, 9.17) is 4.42 Å². The lowest BCUT2D eigenvalue weighted by Gasteiger charge is -2.35. The molecular weight excluding hydrogens is 847 g/mol. The first kappa shape index (κ1) is 40.4. The van der Waals surface area contributed by atoms with Crippen molar-refractivity contribution in [2.75, 3.05) is 4.90 Å². The first-order valence-electron chi connectivity index (χ1n) is 24.4. The number of fused-ring (bicyclic) bond motifs is 11. The number of hydrogen-bond donors (Lipinski definition) is 0. The number of nitrogens with zero attached hydrogens (tertiary/aromatic N) is 1. The van der Waals surface area contributed by atoms with E-state index in [0.717, 1.165) is 61.1 Å². The van der Waals surface area contributed by atoms with E-state index in [2.05, 4.69) is 267 Å². The summed E-state index contributed by atoms with van der Waals surface area (Å²) in [5, 5.41) is 4.57. The molecule has 0 fully saturated rings. The number of hydrogen-bond acceptors (Lipinski definition) is 2. The van der Waals surface area contributed by atoms with Gasteiger partial charge in [-0.25, -0.2) is 0 Å². The third kappa shape index (κ3) is 5.80. The maximum Gasteiger partial charge on any atom is 0.143 e. The van der Waals surface area contributed by atoms with Crippen LogP contribution in [0.25, 0.3) is 77.2 Å². The van der Waals surface area contributed by atoms with Crippen molar-refractivity contribution in [1.29, 1.82) is 0 Å². The van der Waals surface area contributed by atoms with Crippen LogP contribution in [0.4, 0.5) is 17.1 Å². The highest BCUT2D eigenvalue weighted by molar-refractivity contribution is 6.19. The van der Waals surface area contributed by atoms with Crippen molar-refractivity contribution in [3.05, 3.63) is 282 Å². The minimum atomic E-state index is -0.577. The molecular formula is C68H47NO. The van der Waals surface area contributed by atoms with Crippen LogP contribution in [0.15, 0.2) is 253 Å². The average Bonchev–Trinajstić information content (AvgIpc) is 4.03. The molecule has 14 rings (SSSR count). The topological polar surface area (TPSA) is 16.4 Å². The molecule has 0 radical (unpaired) electrons. The Morgan fingerprint density at radius 1 is 0.357 bits per heavy atom. The molecule has 0 amide bonds. The van der Waals surface area contributed by atoms with Crippen molar-refractivity contribution < 1.29 is 4.42 Å². The van der Waals surface area contributed by atoms with Gasteiger partial charge >= 0.3 is 0 Å². The maximum absolute atomic E-state index is 6.67.